The average Bonchev–Trinajstić information content (AvgIpc) is 3.45. The van der Waals surface area contributed by atoms with Gasteiger partial charge in [-0.1, -0.05) is 35.9 Å². The molecule has 0 spiro atoms. The highest BCUT2D eigenvalue weighted by Crippen LogP contribution is 2.65. The van der Waals surface area contributed by atoms with Gasteiger partial charge in [0.1, 0.15) is 6.67 Å². The molecule has 9 heteroatoms. The third kappa shape index (κ3) is 2.64. The third-order valence-electron chi connectivity index (χ3n) is 6.67. The third-order valence-corrected chi connectivity index (χ3v) is 6.99. The van der Waals surface area contributed by atoms with Crippen molar-refractivity contribution in [3.05, 3.63) is 41.4 Å². The van der Waals surface area contributed by atoms with Gasteiger partial charge < -0.3 is 0 Å². The molecule has 6 atom stereocenters. The number of carbonyl (C=O) groups is 3. The molecule has 3 amide bonds. The lowest BCUT2D eigenvalue weighted by molar-refractivity contribution is -0.171. The minimum Gasteiger partial charge on any atom is -0.284 e. The fourth-order valence-electron chi connectivity index (χ4n) is 5.37. The van der Waals surface area contributed by atoms with E-state index in [-0.39, 0.29) is 22.5 Å². The minimum atomic E-state index is -5.18. The van der Waals surface area contributed by atoms with Gasteiger partial charge in [0.2, 0.25) is 11.8 Å². The topological polar surface area (TPSA) is 57.7 Å². The molecule has 2 saturated carbocycles. The van der Waals surface area contributed by atoms with Crippen LogP contribution in [-0.2, 0) is 14.4 Å². The highest BCUT2D eigenvalue weighted by molar-refractivity contribution is 6.33. The Morgan fingerprint density at radius 1 is 1.07 bits per heavy atom. The van der Waals surface area contributed by atoms with Crippen molar-refractivity contribution in [2.45, 2.75) is 12.6 Å². The van der Waals surface area contributed by atoms with Crippen LogP contribution in [-0.4, -0.2) is 35.5 Å². The molecule has 1 saturated heterocycles. The number of rotatable bonds is 3. The van der Waals surface area contributed by atoms with Gasteiger partial charge in [-0.2, -0.15) is 13.2 Å². The van der Waals surface area contributed by atoms with Gasteiger partial charge in [-0.25, -0.2) is 0 Å². The monoisotopic (exact) mass is 424 g/mol. The van der Waals surface area contributed by atoms with Gasteiger partial charge in [-0.05, 0) is 42.2 Å². The predicted molar refractivity (Wildman–Crippen MR) is 96.4 cm³/mol. The number of halogens is 4. The first kappa shape index (κ1) is 18.7. The van der Waals surface area contributed by atoms with Crippen LogP contribution in [0.1, 0.15) is 6.42 Å². The molecular formula is C20H16ClF3N2O3. The van der Waals surface area contributed by atoms with E-state index in [2.05, 4.69) is 0 Å². The van der Waals surface area contributed by atoms with Crippen molar-refractivity contribution in [1.82, 2.24) is 4.90 Å². The summed E-state index contributed by atoms with van der Waals surface area (Å²) in [6, 6.07) is 5.55. The van der Waals surface area contributed by atoms with E-state index >= 15 is 0 Å². The highest BCUT2D eigenvalue weighted by Gasteiger charge is 2.67. The molecule has 29 heavy (non-hydrogen) atoms. The van der Waals surface area contributed by atoms with Crippen molar-refractivity contribution in [3.63, 3.8) is 0 Å². The second kappa shape index (κ2) is 6.08. The van der Waals surface area contributed by atoms with Crippen molar-refractivity contribution in [3.8, 4) is 0 Å². The molecule has 1 aromatic carbocycles. The quantitative estimate of drug-likeness (QED) is 0.553. The molecule has 1 aliphatic heterocycles. The second-order valence-electron chi connectivity index (χ2n) is 8.08. The molecule has 0 N–H and O–H groups in total. The van der Waals surface area contributed by atoms with Crippen LogP contribution in [0.3, 0.4) is 0 Å². The van der Waals surface area contributed by atoms with E-state index in [0.29, 0.717) is 16.7 Å². The first-order chi connectivity index (χ1) is 13.7. The molecule has 152 valence electrons. The molecule has 1 heterocycles. The predicted octanol–water partition coefficient (Wildman–Crippen LogP) is 3.25. The van der Waals surface area contributed by atoms with Gasteiger partial charge in [0, 0.05) is 0 Å². The van der Waals surface area contributed by atoms with Crippen LogP contribution in [0.5, 0.6) is 0 Å². The molecule has 5 nitrogen and oxygen atoms in total. The SMILES string of the molecule is O=C1[C@@H]2[C@@H]3C=C[C@H]([C@H]4C[C@@H]34)[C@@H]2C(=O)N1CN(C(=O)C(F)(F)F)c1ccccc1Cl. The van der Waals surface area contributed by atoms with Crippen molar-refractivity contribution in [1.29, 1.82) is 0 Å². The maximum Gasteiger partial charge on any atom is 0.471 e. The number of hydrogen-bond donors (Lipinski definition) is 0. The van der Waals surface area contributed by atoms with Gasteiger partial charge >= 0.3 is 12.1 Å². The number of anilines is 1. The lowest BCUT2D eigenvalue weighted by atomic mass is 9.63. The Kier molecular flexibility index (Phi) is 3.91. The summed E-state index contributed by atoms with van der Waals surface area (Å²) in [7, 11) is 0. The molecule has 1 aromatic rings. The number of nitrogens with zero attached hydrogens (tertiary/aromatic N) is 2. The van der Waals surface area contributed by atoms with E-state index in [0.717, 1.165) is 11.3 Å². The molecule has 0 unspecified atom stereocenters. The van der Waals surface area contributed by atoms with Crippen LogP contribution in [0.2, 0.25) is 5.02 Å². The van der Waals surface area contributed by atoms with E-state index in [1.54, 1.807) is 0 Å². The van der Waals surface area contributed by atoms with Crippen molar-refractivity contribution < 1.29 is 27.6 Å². The Labute approximate surface area is 169 Å². The van der Waals surface area contributed by atoms with E-state index in [1.165, 1.54) is 24.3 Å². The summed E-state index contributed by atoms with van der Waals surface area (Å²) >= 11 is 6.01. The van der Waals surface area contributed by atoms with Crippen molar-refractivity contribution in [2.24, 2.45) is 35.5 Å². The molecule has 5 aliphatic rings. The fourth-order valence-corrected chi connectivity index (χ4v) is 5.61. The summed E-state index contributed by atoms with van der Waals surface area (Å²) in [5, 5.41) is -0.0791. The normalized spacial score (nSPS) is 34.3. The Balaban J connectivity index is 1.48. The molecule has 4 aliphatic carbocycles. The van der Waals surface area contributed by atoms with E-state index < -0.39 is 42.4 Å². The average molecular weight is 425 g/mol. The molecule has 3 fully saturated rings. The standard InChI is InChI=1S/C20H16ClF3N2O3/c21-13-3-1-2-4-14(13)25(19(29)20(22,23)24)8-26-17(27)15-9-5-6-10(12-7-11(9)12)16(15)18(26)28/h1-6,9-12,15-16H,7-8H2/t9-,10-,11-,12+,15+,16-/m1/s1. The van der Waals surface area contributed by atoms with Crippen LogP contribution in [0.4, 0.5) is 18.9 Å². The van der Waals surface area contributed by atoms with Crippen molar-refractivity contribution >= 4 is 35.0 Å². The van der Waals surface area contributed by atoms with Gasteiger partial charge in [0.05, 0.1) is 22.5 Å². The number of likely N-dealkylation sites (tertiary alicyclic amines) is 1. The molecule has 6 rings (SSSR count). The zero-order valence-electron chi connectivity index (χ0n) is 15.0. The van der Waals surface area contributed by atoms with Gasteiger partial charge in [0.15, 0.2) is 0 Å². The summed E-state index contributed by atoms with van der Waals surface area (Å²) in [4.78, 5) is 39.4. The van der Waals surface area contributed by atoms with Gasteiger partial charge in [-0.3, -0.25) is 24.2 Å². The van der Waals surface area contributed by atoms with Gasteiger partial charge in [-0.15, -0.1) is 0 Å². The largest absolute Gasteiger partial charge is 0.471 e. The first-order valence-electron chi connectivity index (χ1n) is 9.37. The summed E-state index contributed by atoms with van der Waals surface area (Å²) in [6.07, 6.45) is -0.253. The molecule has 2 bridgehead atoms. The van der Waals surface area contributed by atoms with Crippen LogP contribution < -0.4 is 4.90 Å². The number of alkyl halides is 3. The van der Waals surface area contributed by atoms with Crippen LogP contribution in [0.15, 0.2) is 36.4 Å². The molecule has 0 radical (unpaired) electrons. The number of carbonyl (C=O) groups excluding carboxylic acids is 3. The van der Waals surface area contributed by atoms with Crippen LogP contribution in [0.25, 0.3) is 0 Å². The van der Waals surface area contributed by atoms with Crippen molar-refractivity contribution in [2.75, 3.05) is 11.6 Å². The number of allylic oxidation sites excluding steroid dienone is 2. The summed E-state index contributed by atoms with van der Waals surface area (Å²) < 4.78 is 39.7. The number of imide groups is 1. The maximum absolute atomic E-state index is 13.2. The maximum atomic E-state index is 13.2. The number of hydrogen-bond acceptors (Lipinski definition) is 3. The first-order valence-corrected chi connectivity index (χ1v) is 9.74. The van der Waals surface area contributed by atoms with E-state index in [4.69, 9.17) is 11.6 Å². The number of benzene rings is 1. The smallest absolute Gasteiger partial charge is 0.284 e. The Hall–Kier alpha value is -2.35. The van der Waals surface area contributed by atoms with E-state index in [9.17, 15) is 27.6 Å². The Bertz CT molecular complexity index is 927. The second-order valence-corrected chi connectivity index (χ2v) is 8.49. The fraction of sp³-hybridized carbons (Fsp3) is 0.450. The van der Waals surface area contributed by atoms with Gasteiger partial charge in [0.25, 0.3) is 0 Å². The number of para-hydroxylation sites is 1. The molecule has 0 aromatic heterocycles. The molecular weight excluding hydrogens is 409 g/mol. The number of amides is 3. The van der Waals surface area contributed by atoms with Crippen LogP contribution >= 0.6 is 11.6 Å². The summed E-state index contributed by atoms with van der Waals surface area (Å²) in [5.41, 5.74) is -0.198. The summed E-state index contributed by atoms with van der Waals surface area (Å²) in [6.45, 7) is -0.804. The van der Waals surface area contributed by atoms with E-state index in [1.807, 2.05) is 12.2 Å². The zero-order valence-corrected chi connectivity index (χ0v) is 15.7. The highest BCUT2D eigenvalue weighted by atomic mass is 35.5. The summed E-state index contributed by atoms with van der Waals surface area (Å²) in [5.74, 6) is -3.63. The Morgan fingerprint density at radius 3 is 2.14 bits per heavy atom. The zero-order chi connectivity index (χ0) is 20.7. The lowest BCUT2D eigenvalue weighted by Crippen LogP contribution is -2.49. The Morgan fingerprint density at radius 2 is 1.62 bits per heavy atom. The van der Waals surface area contributed by atoms with Crippen LogP contribution in [0, 0.1) is 35.5 Å². The minimum absolute atomic E-state index is 0.0523. The lowest BCUT2D eigenvalue weighted by Gasteiger charge is -2.37.